The predicted octanol–water partition coefficient (Wildman–Crippen LogP) is 4.86. The van der Waals surface area contributed by atoms with Crippen LogP contribution in [0.25, 0.3) is 0 Å². The van der Waals surface area contributed by atoms with Crippen molar-refractivity contribution in [1.29, 1.82) is 0 Å². The summed E-state index contributed by atoms with van der Waals surface area (Å²) in [7, 11) is 2.05. The third-order valence-corrected chi connectivity index (χ3v) is 6.79. The zero-order chi connectivity index (χ0) is 22.9. The molecule has 1 fully saturated rings. The van der Waals surface area contributed by atoms with Gasteiger partial charge in [-0.25, -0.2) is 4.79 Å². The molecular weight excluding hydrogens is 434 g/mol. The fourth-order valence-electron chi connectivity index (χ4n) is 4.10. The van der Waals surface area contributed by atoms with E-state index >= 15 is 0 Å². The fraction of sp³-hybridized carbons (Fsp3) is 0.370. The van der Waals surface area contributed by atoms with Gasteiger partial charge in [0.1, 0.15) is 6.10 Å². The minimum Gasteiger partial charge on any atom is -0.458 e. The fourth-order valence-corrected chi connectivity index (χ4v) is 4.99. The summed E-state index contributed by atoms with van der Waals surface area (Å²) in [6.07, 6.45) is 1.39. The summed E-state index contributed by atoms with van der Waals surface area (Å²) in [5.41, 5.74) is 0.644. The van der Waals surface area contributed by atoms with E-state index in [0.29, 0.717) is 26.2 Å². The molecule has 0 spiro atoms. The minimum atomic E-state index is -1.28. The second-order valence-electron chi connectivity index (χ2n) is 8.34. The zero-order valence-electron chi connectivity index (χ0n) is 19.0. The molecule has 4 rings (SSSR count). The van der Waals surface area contributed by atoms with Crippen LogP contribution in [0.1, 0.15) is 28.8 Å². The molecule has 33 heavy (non-hydrogen) atoms. The number of nitrogens with zero attached hydrogens (tertiary/aromatic N) is 1. The lowest BCUT2D eigenvalue weighted by molar-refractivity contribution is -0.173. The van der Waals surface area contributed by atoms with Gasteiger partial charge in [-0.2, -0.15) is 0 Å². The summed E-state index contributed by atoms with van der Waals surface area (Å²) in [5, 5.41) is 1.97. The number of benzene rings is 2. The molecule has 0 amide bonds. The SMILES string of the molecule is CN1CCC(OC(=O)C(OCCCOCc2ccccc2)(c2ccccc2)c2cccs2)C1. The van der Waals surface area contributed by atoms with E-state index in [1.165, 1.54) is 11.3 Å². The summed E-state index contributed by atoms with van der Waals surface area (Å²) < 4.78 is 18.3. The third kappa shape index (κ3) is 5.89. The largest absolute Gasteiger partial charge is 0.458 e. The molecule has 0 saturated carbocycles. The van der Waals surface area contributed by atoms with Crippen LogP contribution in [0.15, 0.2) is 78.2 Å². The molecule has 174 valence electrons. The molecule has 1 saturated heterocycles. The Bertz CT molecular complexity index is 980. The molecule has 2 atom stereocenters. The second-order valence-corrected chi connectivity index (χ2v) is 9.29. The van der Waals surface area contributed by atoms with Gasteiger partial charge in [0, 0.05) is 25.3 Å². The van der Waals surface area contributed by atoms with Crippen molar-refractivity contribution in [3.63, 3.8) is 0 Å². The van der Waals surface area contributed by atoms with Gasteiger partial charge in [0.25, 0.3) is 0 Å². The van der Waals surface area contributed by atoms with Gasteiger partial charge in [-0.05, 0) is 36.9 Å². The van der Waals surface area contributed by atoms with E-state index in [4.69, 9.17) is 14.2 Å². The molecule has 2 aromatic carbocycles. The van der Waals surface area contributed by atoms with Crippen LogP contribution in [0.2, 0.25) is 0 Å². The first-order valence-corrected chi connectivity index (χ1v) is 12.3. The lowest BCUT2D eigenvalue weighted by Crippen LogP contribution is -2.43. The summed E-state index contributed by atoms with van der Waals surface area (Å²) in [5.74, 6) is -0.346. The monoisotopic (exact) mass is 465 g/mol. The minimum absolute atomic E-state index is 0.122. The van der Waals surface area contributed by atoms with Gasteiger partial charge >= 0.3 is 5.97 Å². The normalized spacial score (nSPS) is 18.2. The number of hydrogen-bond acceptors (Lipinski definition) is 6. The number of likely N-dealkylation sites (N-methyl/N-ethyl adjacent to an activating group) is 1. The van der Waals surface area contributed by atoms with Gasteiger partial charge in [-0.1, -0.05) is 66.7 Å². The Labute approximate surface area is 199 Å². The van der Waals surface area contributed by atoms with E-state index in [0.717, 1.165) is 35.5 Å². The van der Waals surface area contributed by atoms with Gasteiger partial charge in [0.15, 0.2) is 0 Å². The number of rotatable bonds is 11. The van der Waals surface area contributed by atoms with E-state index in [1.807, 2.05) is 85.2 Å². The molecule has 2 unspecified atom stereocenters. The standard InChI is InChI=1S/C27H31NO4S/c1-28-16-15-24(20-28)32-26(29)27(25-14-8-19-33-25,23-12-6-3-7-13-23)31-18-9-17-30-21-22-10-4-2-5-11-22/h2-8,10-14,19,24H,9,15-18,20-21H2,1H3. The summed E-state index contributed by atoms with van der Waals surface area (Å²) in [6, 6.07) is 23.7. The third-order valence-electron chi connectivity index (χ3n) is 5.82. The highest BCUT2D eigenvalue weighted by atomic mass is 32.1. The topological polar surface area (TPSA) is 48.0 Å². The molecule has 1 aliphatic rings. The molecule has 2 heterocycles. The molecule has 0 aliphatic carbocycles. The highest BCUT2D eigenvalue weighted by Crippen LogP contribution is 2.39. The number of ether oxygens (including phenoxy) is 3. The Kier molecular flexibility index (Phi) is 8.29. The van der Waals surface area contributed by atoms with Crippen LogP contribution in [0.3, 0.4) is 0 Å². The van der Waals surface area contributed by atoms with E-state index < -0.39 is 5.60 Å². The first kappa shape index (κ1) is 23.6. The van der Waals surface area contributed by atoms with Crippen molar-refractivity contribution in [3.8, 4) is 0 Å². The van der Waals surface area contributed by atoms with Crippen LogP contribution < -0.4 is 0 Å². The van der Waals surface area contributed by atoms with Crippen molar-refractivity contribution in [2.24, 2.45) is 0 Å². The van der Waals surface area contributed by atoms with Gasteiger partial charge < -0.3 is 19.1 Å². The lowest BCUT2D eigenvalue weighted by atomic mass is 9.91. The van der Waals surface area contributed by atoms with Crippen LogP contribution in [-0.2, 0) is 31.2 Å². The average molecular weight is 466 g/mol. The van der Waals surface area contributed by atoms with Crippen LogP contribution >= 0.6 is 11.3 Å². The van der Waals surface area contributed by atoms with Crippen LogP contribution in [0, 0.1) is 0 Å². The number of thiophene rings is 1. The van der Waals surface area contributed by atoms with Crippen molar-refractivity contribution in [2.75, 3.05) is 33.4 Å². The molecule has 0 bridgehead atoms. The van der Waals surface area contributed by atoms with Crippen molar-refractivity contribution in [2.45, 2.75) is 31.2 Å². The maximum Gasteiger partial charge on any atom is 0.349 e. The van der Waals surface area contributed by atoms with E-state index in [2.05, 4.69) is 4.90 Å². The van der Waals surface area contributed by atoms with E-state index in [9.17, 15) is 4.79 Å². The Morgan fingerprint density at radius 1 is 1.03 bits per heavy atom. The average Bonchev–Trinajstić information content (AvgIpc) is 3.52. The van der Waals surface area contributed by atoms with E-state index in [1.54, 1.807) is 0 Å². The van der Waals surface area contributed by atoms with Gasteiger partial charge in [0.05, 0.1) is 18.1 Å². The quantitative estimate of drug-likeness (QED) is 0.299. The molecule has 6 heteroatoms. The number of likely N-dealkylation sites (tertiary alicyclic amines) is 1. The van der Waals surface area contributed by atoms with E-state index in [-0.39, 0.29) is 12.1 Å². The highest BCUT2D eigenvalue weighted by molar-refractivity contribution is 7.10. The van der Waals surface area contributed by atoms with Crippen LogP contribution in [-0.4, -0.2) is 50.3 Å². The Balaban J connectivity index is 1.47. The first-order chi connectivity index (χ1) is 16.2. The second kappa shape index (κ2) is 11.6. The zero-order valence-corrected chi connectivity index (χ0v) is 19.8. The van der Waals surface area contributed by atoms with Gasteiger partial charge in [-0.15, -0.1) is 11.3 Å². The molecule has 1 aromatic heterocycles. The predicted molar refractivity (Wildman–Crippen MR) is 130 cm³/mol. The Hall–Kier alpha value is -2.51. The number of esters is 1. The number of hydrogen-bond donors (Lipinski definition) is 0. The molecule has 3 aromatic rings. The number of carbonyl (C=O) groups excluding carboxylic acids is 1. The maximum absolute atomic E-state index is 13.7. The van der Waals surface area contributed by atoms with Gasteiger partial charge in [-0.3, -0.25) is 0 Å². The first-order valence-electron chi connectivity index (χ1n) is 11.4. The summed E-state index contributed by atoms with van der Waals surface area (Å²) >= 11 is 1.51. The lowest BCUT2D eigenvalue weighted by Gasteiger charge is -2.32. The Morgan fingerprint density at radius 3 is 2.45 bits per heavy atom. The van der Waals surface area contributed by atoms with Crippen molar-refractivity contribution >= 4 is 17.3 Å². The number of carbonyl (C=O) groups is 1. The molecule has 0 N–H and O–H groups in total. The molecule has 1 aliphatic heterocycles. The molecule has 5 nitrogen and oxygen atoms in total. The van der Waals surface area contributed by atoms with Crippen LogP contribution in [0.4, 0.5) is 0 Å². The smallest absolute Gasteiger partial charge is 0.349 e. The van der Waals surface area contributed by atoms with Crippen molar-refractivity contribution < 1.29 is 19.0 Å². The van der Waals surface area contributed by atoms with Crippen LogP contribution in [0.5, 0.6) is 0 Å². The Morgan fingerprint density at radius 2 is 1.79 bits per heavy atom. The molecule has 0 radical (unpaired) electrons. The van der Waals surface area contributed by atoms with Gasteiger partial charge in [0.2, 0.25) is 5.60 Å². The summed E-state index contributed by atoms with van der Waals surface area (Å²) in [4.78, 5) is 16.7. The summed E-state index contributed by atoms with van der Waals surface area (Å²) in [6.45, 7) is 3.16. The van der Waals surface area contributed by atoms with Crippen molar-refractivity contribution in [3.05, 3.63) is 94.2 Å². The highest BCUT2D eigenvalue weighted by Gasteiger charge is 2.47. The maximum atomic E-state index is 13.7. The van der Waals surface area contributed by atoms with Crippen molar-refractivity contribution in [1.82, 2.24) is 4.90 Å². The molecular formula is C27H31NO4S.